The van der Waals surface area contributed by atoms with Crippen molar-refractivity contribution in [2.45, 2.75) is 38.9 Å². The number of nitrogens with zero attached hydrogens (tertiary/aromatic N) is 1. The normalized spacial score (nSPS) is 16.0. The molecule has 0 saturated heterocycles. The van der Waals surface area contributed by atoms with Gasteiger partial charge in [0.05, 0.1) is 13.2 Å². The van der Waals surface area contributed by atoms with E-state index >= 15 is 0 Å². The molecule has 2 atom stereocenters. The smallest absolute Gasteiger partial charge is 0.0615 e. The van der Waals surface area contributed by atoms with Crippen LogP contribution in [0.2, 0.25) is 0 Å². The Balaban J connectivity index is 3.94. The summed E-state index contributed by atoms with van der Waals surface area (Å²) in [6.45, 7) is 8.01. The van der Waals surface area contributed by atoms with Crippen molar-refractivity contribution in [2.24, 2.45) is 0 Å². The van der Waals surface area contributed by atoms with E-state index in [1.54, 1.807) is 7.11 Å². The maximum Gasteiger partial charge on any atom is 0.0615 e. The van der Waals surface area contributed by atoms with Crippen LogP contribution < -0.4 is 5.32 Å². The van der Waals surface area contributed by atoms with Gasteiger partial charge in [-0.25, -0.2) is 0 Å². The summed E-state index contributed by atoms with van der Waals surface area (Å²) < 4.78 is 5.10. The van der Waals surface area contributed by atoms with E-state index in [1.165, 1.54) is 0 Å². The van der Waals surface area contributed by atoms with Gasteiger partial charge in [0.15, 0.2) is 0 Å². The van der Waals surface area contributed by atoms with E-state index in [0.717, 1.165) is 13.2 Å². The molecule has 0 aromatic rings. The molecule has 0 fully saturated rings. The molecule has 0 aliphatic rings. The molecule has 0 spiro atoms. The minimum atomic E-state index is 0.134. The van der Waals surface area contributed by atoms with Crippen LogP contribution in [0, 0.1) is 0 Å². The molecule has 0 amide bonds. The number of ether oxygens (including phenoxy) is 1. The Morgan fingerprint density at radius 3 is 2.33 bits per heavy atom. The fraction of sp³-hybridized carbons (Fsp3) is 1.00. The lowest BCUT2D eigenvalue weighted by Crippen LogP contribution is -2.47. The van der Waals surface area contributed by atoms with Crippen LogP contribution in [0.15, 0.2) is 0 Å². The molecule has 4 heteroatoms. The van der Waals surface area contributed by atoms with E-state index in [4.69, 9.17) is 4.74 Å². The Morgan fingerprint density at radius 2 is 1.93 bits per heavy atom. The van der Waals surface area contributed by atoms with Crippen LogP contribution in [-0.4, -0.2) is 62.0 Å². The lowest BCUT2D eigenvalue weighted by molar-refractivity contribution is 0.0994. The van der Waals surface area contributed by atoms with Crippen molar-refractivity contribution in [3.8, 4) is 0 Å². The van der Waals surface area contributed by atoms with E-state index in [1.807, 2.05) is 7.05 Å². The average Bonchev–Trinajstić information content (AvgIpc) is 2.16. The number of nitrogens with one attached hydrogen (secondary N) is 1. The molecule has 0 rings (SSSR count). The Labute approximate surface area is 93.6 Å². The summed E-state index contributed by atoms with van der Waals surface area (Å²) in [6.07, 6.45) is 0. The zero-order valence-electron chi connectivity index (χ0n) is 10.7. The number of aliphatic hydroxyl groups excluding tert-OH is 1. The number of methoxy groups -OCH3 is 1. The summed E-state index contributed by atoms with van der Waals surface area (Å²) in [4.78, 5) is 2.19. The van der Waals surface area contributed by atoms with Gasteiger partial charge in [-0.1, -0.05) is 13.8 Å². The second-order valence-electron chi connectivity index (χ2n) is 4.44. The number of rotatable bonds is 8. The summed E-state index contributed by atoms with van der Waals surface area (Å²) >= 11 is 0. The third kappa shape index (κ3) is 6.84. The van der Waals surface area contributed by atoms with Crippen LogP contribution in [0.4, 0.5) is 0 Å². The molecule has 4 nitrogen and oxygen atoms in total. The summed E-state index contributed by atoms with van der Waals surface area (Å²) in [5.74, 6) is 0. The van der Waals surface area contributed by atoms with Crippen molar-refractivity contribution in [1.29, 1.82) is 0 Å². The minimum absolute atomic E-state index is 0.134. The average molecular weight is 218 g/mol. The predicted molar refractivity (Wildman–Crippen MR) is 63.1 cm³/mol. The monoisotopic (exact) mass is 218 g/mol. The van der Waals surface area contributed by atoms with Crippen molar-refractivity contribution in [3.63, 3.8) is 0 Å². The molecular formula is C11H26N2O2. The highest BCUT2D eigenvalue weighted by molar-refractivity contribution is 4.74. The minimum Gasteiger partial charge on any atom is -0.395 e. The molecule has 0 saturated carbocycles. The molecule has 0 heterocycles. The Hall–Kier alpha value is -0.160. The van der Waals surface area contributed by atoms with Crippen molar-refractivity contribution < 1.29 is 9.84 Å². The van der Waals surface area contributed by atoms with Crippen LogP contribution in [0.25, 0.3) is 0 Å². The third-order valence-corrected chi connectivity index (χ3v) is 2.46. The summed E-state index contributed by atoms with van der Waals surface area (Å²) in [6, 6.07) is 0.903. The molecule has 2 N–H and O–H groups in total. The van der Waals surface area contributed by atoms with Gasteiger partial charge < -0.3 is 15.2 Å². The first kappa shape index (κ1) is 14.8. The highest BCUT2D eigenvalue weighted by atomic mass is 16.5. The number of hydrogen-bond donors (Lipinski definition) is 2. The van der Waals surface area contributed by atoms with Crippen molar-refractivity contribution >= 4 is 0 Å². The first-order valence-electron chi connectivity index (χ1n) is 5.57. The summed E-state index contributed by atoms with van der Waals surface area (Å²) in [5, 5.41) is 12.5. The van der Waals surface area contributed by atoms with Gasteiger partial charge in [0.25, 0.3) is 0 Å². The van der Waals surface area contributed by atoms with E-state index in [9.17, 15) is 5.11 Å². The largest absolute Gasteiger partial charge is 0.395 e. The zero-order chi connectivity index (χ0) is 11.8. The quantitative estimate of drug-likeness (QED) is 0.615. The van der Waals surface area contributed by atoms with Crippen LogP contribution in [-0.2, 0) is 4.74 Å². The van der Waals surface area contributed by atoms with Crippen LogP contribution >= 0.6 is 0 Å². The lowest BCUT2D eigenvalue weighted by atomic mass is 10.2. The van der Waals surface area contributed by atoms with Gasteiger partial charge in [-0.3, -0.25) is 4.90 Å². The van der Waals surface area contributed by atoms with Gasteiger partial charge in [-0.05, 0) is 14.0 Å². The van der Waals surface area contributed by atoms with E-state index in [0.29, 0.717) is 12.1 Å². The topological polar surface area (TPSA) is 44.7 Å². The molecule has 0 radical (unpaired) electrons. The van der Waals surface area contributed by atoms with E-state index in [-0.39, 0.29) is 12.6 Å². The van der Waals surface area contributed by atoms with Gasteiger partial charge in [-0.2, -0.15) is 0 Å². The van der Waals surface area contributed by atoms with Crippen LogP contribution in [0.3, 0.4) is 0 Å². The molecule has 92 valence electrons. The van der Waals surface area contributed by atoms with E-state index in [2.05, 4.69) is 31.0 Å². The highest BCUT2D eigenvalue weighted by Gasteiger charge is 2.15. The molecule has 0 aliphatic heterocycles. The molecule has 0 bridgehead atoms. The fourth-order valence-corrected chi connectivity index (χ4v) is 1.53. The number of aliphatic hydroxyl groups is 1. The van der Waals surface area contributed by atoms with Gasteiger partial charge in [0.2, 0.25) is 0 Å². The predicted octanol–water partition coefficient (Wildman–Crippen LogP) is 0.312. The Bertz CT molecular complexity index is 154. The van der Waals surface area contributed by atoms with Crippen molar-refractivity contribution in [2.75, 3.05) is 33.9 Å². The Morgan fingerprint density at radius 1 is 1.33 bits per heavy atom. The summed E-state index contributed by atoms with van der Waals surface area (Å²) in [5.41, 5.74) is 0. The van der Waals surface area contributed by atoms with Crippen LogP contribution in [0.1, 0.15) is 20.8 Å². The molecule has 0 aromatic carbocycles. The first-order valence-corrected chi connectivity index (χ1v) is 5.57. The van der Waals surface area contributed by atoms with Crippen molar-refractivity contribution in [3.05, 3.63) is 0 Å². The SMILES string of the molecule is COCC(C)N(C)CC(CO)NC(C)C. The standard InChI is InChI=1S/C11H26N2O2/c1-9(2)12-11(7-14)6-13(4)10(3)8-15-5/h9-12,14H,6-8H2,1-5H3. The molecule has 2 unspecified atom stereocenters. The molecule has 0 aliphatic carbocycles. The zero-order valence-corrected chi connectivity index (χ0v) is 10.7. The van der Waals surface area contributed by atoms with E-state index < -0.39 is 0 Å². The summed E-state index contributed by atoms with van der Waals surface area (Å²) in [7, 11) is 3.76. The second-order valence-corrected chi connectivity index (χ2v) is 4.44. The lowest BCUT2D eigenvalue weighted by Gasteiger charge is -2.29. The van der Waals surface area contributed by atoms with Gasteiger partial charge in [0.1, 0.15) is 0 Å². The molecule has 15 heavy (non-hydrogen) atoms. The van der Waals surface area contributed by atoms with Crippen molar-refractivity contribution in [1.82, 2.24) is 10.2 Å². The highest BCUT2D eigenvalue weighted by Crippen LogP contribution is 1.98. The van der Waals surface area contributed by atoms with Gasteiger partial charge >= 0.3 is 0 Å². The fourth-order valence-electron chi connectivity index (χ4n) is 1.53. The van der Waals surface area contributed by atoms with Gasteiger partial charge in [-0.15, -0.1) is 0 Å². The maximum absolute atomic E-state index is 9.22. The molecule has 0 aromatic heterocycles. The number of likely N-dealkylation sites (N-methyl/N-ethyl adjacent to an activating group) is 1. The van der Waals surface area contributed by atoms with Crippen LogP contribution in [0.5, 0.6) is 0 Å². The second kappa shape index (κ2) is 8.05. The van der Waals surface area contributed by atoms with Gasteiger partial charge in [0, 0.05) is 31.8 Å². The Kier molecular flexibility index (Phi) is 7.96. The number of hydrogen-bond acceptors (Lipinski definition) is 4. The first-order chi connectivity index (χ1) is 7.01. The third-order valence-electron chi connectivity index (χ3n) is 2.46. The maximum atomic E-state index is 9.22. The molecular weight excluding hydrogens is 192 g/mol.